The molecular formula is C23H22N4Pt. The summed E-state index contributed by atoms with van der Waals surface area (Å²) >= 11 is 0. The van der Waals surface area contributed by atoms with Gasteiger partial charge < -0.3 is 0 Å². The predicted molar refractivity (Wildman–Crippen MR) is 106 cm³/mol. The van der Waals surface area contributed by atoms with E-state index in [9.17, 15) is 0 Å². The number of para-hydroxylation sites is 2. The minimum atomic E-state index is -0.324. The third-order valence-corrected chi connectivity index (χ3v) is 4.90. The van der Waals surface area contributed by atoms with Gasteiger partial charge in [0, 0.05) is 11.4 Å². The third kappa shape index (κ3) is 3.62. The number of aryl methyl sites for hydroxylation is 2. The molecule has 2 heterocycles. The fourth-order valence-corrected chi connectivity index (χ4v) is 3.21. The number of benzene rings is 2. The zero-order valence-corrected chi connectivity index (χ0v) is 18.7. The molecule has 2 aromatic heterocycles. The third-order valence-electron chi connectivity index (χ3n) is 4.90. The van der Waals surface area contributed by atoms with Gasteiger partial charge in [-0.2, -0.15) is 58.7 Å². The topological polar surface area (TPSA) is 35.6 Å². The first-order valence-electron chi connectivity index (χ1n) is 9.05. The molecule has 0 atom stereocenters. The van der Waals surface area contributed by atoms with Gasteiger partial charge in [-0.05, 0) is 51.2 Å². The summed E-state index contributed by atoms with van der Waals surface area (Å²) in [4.78, 5) is 0. The Bertz CT molecular complexity index is 977. The van der Waals surface area contributed by atoms with Crippen LogP contribution in [-0.2, 0) is 26.5 Å². The maximum Gasteiger partial charge on any atom is 2.00 e. The van der Waals surface area contributed by atoms with E-state index in [4.69, 9.17) is 10.2 Å². The summed E-state index contributed by atoms with van der Waals surface area (Å²) in [5, 5.41) is 9.74. The summed E-state index contributed by atoms with van der Waals surface area (Å²) in [7, 11) is 0. The van der Waals surface area contributed by atoms with E-state index in [2.05, 4.69) is 52.0 Å². The van der Waals surface area contributed by atoms with Crippen molar-refractivity contribution in [3.05, 3.63) is 95.6 Å². The monoisotopic (exact) mass is 549 g/mol. The number of aromatic nitrogens is 4. The fraction of sp³-hybridized carbons (Fsp3) is 0.217. The number of nitrogens with zero attached hydrogens (tertiary/aromatic N) is 4. The number of hydrogen-bond donors (Lipinski definition) is 0. The molecule has 4 nitrogen and oxygen atoms in total. The summed E-state index contributed by atoms with van der Waals surface area (Å²) < 4.78 is 3.87. The minimum absolute atomic E-state index is 0. The largest absolute Gasteiger partial charge is 2.00 e. The van der Waals surface area contributed by atoms with Crippen LogP contribution in [0.3, 0.4) is 0 Å². The molecule has 4 rings (SSSR count). The van der Waals surface area contributed by atoms with E-state index in [0.717, 1.165) is 34.2 Å². The van der Waals surface area contributed by atoms with Crippen LogP contribution in [0.15, 0.2) is 60.7 Å². The molecule has 0 bridgehead atoms. The SMILES string of the molecule is Cc1cc(C(C)(C)c2cc(C)n(-c3[c-]cccc3)n2)nn1-c1[c-]cccc1.[Pt+2]. The molecule has 5 heteroatoms. The summed E-state index contributed by atoms with van der Waals surface area (Å²) in [6.07, 6.45) is 0. The Morgan fingerprint density at radius 1 is 0.750 bits per heavy atom. The van der Waals surface area contributed by atoms with Crippen LogP contribution in [0.25, 0.3) is 11.4 Å². The molecule has 0 aliphatic heterocycles. The van der Waals surface area contributed by atoms with Gasteiger partial charge in [0.15, 0.2) is 0 Å². The van der Waals surface area contributed by atoms with Crippen LogP contribution < -0.4 is 0 Å². The second-order valence-corrected chi connectivity index (χ2v) is 7.29. The van der Waals surface area contributed by atoms with E-state index < -0.39 is 0 Å². The van der Waals surface area contributed by atoms with Crippen molar-refractivity contribution in [2.45, 2.75) is 33.1 Å². The fourth-order valence-electron chi connectivity index (χ4n) is 3.21. The second kappa shape index (κ2) is 7.89. The molecule has 0 unspecified atom stereocenters. The number of hydrogen-bond acceptors (Lipinski definition) is 2. The Hall–Kier alpha value is -2.45. The van der Waals surface area contributed by atoms with Gasteiger partial charge in [0.05, 0.1) is 16.8 Å². The quantitative estimate of drug-likeness (QED) is 0.349. The molecule has 0 N–H and O–H groups in total. The Kier molecular flexibility index (Phi) is 5.71. The van der Waals surface area contributed by atoms with Crippen molar-refractivity contribution in [3.63, 3.8) is 0 Å². The van der Waals surface area contributed by atoms with Gasteiger partial charge in [-0.1, -0.05) is 0 Å². The first-order chi connectivity index (χ1) is 13.0. The van der Waals surface area contributed by atoms with Crippen LogP contribution in [0.4, 0.5) is 0 Å². The number of rotatable bonds is 4. The molecule has 2 aromatic carbocycles. The Morgan fingerprint density at radius 3 is 1.54 bits per heavy atom. The molecule has 0 radical (unpaired) electrons. The Morgan fingerprint density at radius 2 is 1.18 bits per heavy atom. The minimum Gasteiger partial charge on any atom is -0.262 e. The van der Waals surface area contributed by atoms with Crippen molar-refractivity contribution >= 4 is 0 Å². The van der Waals surface area contributed by atoms with Crippen LogP contribution in [0.1, 0.15) is 36.6 Å². The average molecular weight is 550 g/mol. The molecule has 28 heavy (non-hydrogen) atoms. The maximum absolute atomic E-state index is 4.87. The van der Waals surface area contributed by atoms with Crippen LogP contribution in [0.2, 0.25) is 0 Å². The van der Waals surface area contributed by atoms with E-state index >= 15 is 0 Å². The molecule has 0 aliphatic rings. The van der Waals surface area contributed by atoms with Crippen molar-refractivity contribution in [2.75, 3.05) is 0 Å². The van der Waals surface area contributed by atoms with E-state index in [-0.39, 0.29) is 26.5 Å². The first-order valence-corrected chi connectivity index (χ1v) is 9.05. The Balaban J connectivity index is 0.00000225. The van der Waals surface area contributed by atoms with Gasteiger partial charge in [0.1, 0.15) is 0 Å². The van der Waals surface area contributed by atoms with E-state index in [1.807, 2.05) is 57.9 Å². The summed E-state index contributed by atoms with van der Waals surface area (Å²) in [5.41, 5.74) is 5.68. The molecule has 0 saturated carbocycles. The predicted octanol–water partition coefficient (Wildman–Crippen LogP) is 4.60. The molecule has 0 amide bonds. The van der Waals surface area contributed by atoms with Crippen LogP contribution >= 0.6 is 0 Å². The smallest absolute Gasteiger partial charge is 0.262 e. The first kappa shape index (κ1) is 20.3. The van der Waals surface area contributed by atoms with Crippen LogP contribution in [-0.4, -0.2) is 19.6 Å². The van der Waals surface area contributed by atoms with Crippen LogP contribution in [0.5, 0.6) is 0 Å². The standard InChI is InChI=1S/C23H22N4.Pt/c1-17-15-21(24-26(17)19-11-7-5-8-12-19)23(3,4)22-16-18(2)27(25-22)20-13-9-6-10-14-20;/h5-11,13,15-16H,1-4H3;/q-2;+2. The van der Waals surface area contributed by atoms with Crippen molar-refractivity contribution in [2.24, 2.45) is 0 Å². The maximum atomic E-state index is 4.87. The normalized spacial score (nSPS) is 11.3. The molecular weight excluding hydrogens is 527 g/mol. The zero-order valence-electron chi connectivity index (χ0n) is 16.4. The van der Waals surface area contributed by atoms with Crippen molar-refractivity contribution in [1.29, 1.82) is 0 Å². The Labute approximate surface area is 180 Å². The van der Waals surface area contributed by atoms with Crippen molar-refractivity contribution in [3.8, 4) is 11.4 Å². The molecule has 4 aromatic rings. The summed E-state index contributed by atoms with van der Waals surface area (Å²) in [5.74, 6) is 0. The van der Waals surface area contributed by atoms with Gasteiger partial charge in [-0.15, -0.1) is 12.1 Å². The molecule has 0 saturated heterocycles. The molecule has 144 valence electrons. The molecule has 0 spiro atoms. The van der Waals surface area contributed by atoms with E-state index in [1.54, 1.807) is 0 Å². The van der Waals surface area contributed by atoms with Gasteiger partial charge in [0.2, 0.25) is 0 Å². The van der Waals surface area contributed by atoms with Gasteiger partial charge in [-0.25, -0.2) is 0 Å². The van der Waals surface area contributed by atoms with E-state index in [1.165, 1.54) is 0 Å². The van der Waals surface area contributed by atoms with Crippen molar-refractivity contribution < 1.29 is 21.1 Å². The average Bonchev–Trinajstić information content (AvgIpc) is 3.27. The van der Waals surface area contributed by atoms with Gasteiger partial charge in [-0.3, -0.25) is 9.36 Å². The van der Waals surface area contributed by atoms with Crippen LogP contribution in [0, 0.1) is 26.0 Å². The zero-order chi connectivity index (χ0) is 19.0. The molecule has 0 aliphatic carbocycles. The van der Waals surface area contributed by atoms with E-state index in [0.29, 0.717) is 0 Å². The van der Waals surface area contributed by atoms with Gasteiger partial charge in [0.25, 0.3) is 0 Å². The second-order valence-electron chi connectivity index (χ2n) is 7.29. The summed E-state index contributed by atoms with van der Waals surface area (Å²) in [6.45, 7) is 8.45. The summed E-state index contributed by atoms with van der Waals surface area (Å²) in [6, 6.07) is 26.5. The van der Waals surface area contributed by atoms with Gasteiger partial charge >= 0.3 is 21.1 Å². The van der Waals surface area contributed by atoms with Crippen molar-refractivity contribution in [1.82, 2.24) is 19.6 Å². The molecule has 0 fully saturated rings.